The van der Waals surface area contributed by atoms with E-state index in [1.54, 1.807) is 0 Å². The highest BCUT2D eigenvalue weighted by atomic mass is 16.5. The Morgan fingerprint density at radius 1 is 1.69 bits per heavy atom. The van der Waals surface area contributed by atoms with Crippen LogP contribution < -0.4 is 5.73 Å². The van der Waals surface area contributed by atoms with Crippen LogP contribution in [0.15, 0.2) is 6.20 Å². The molecule has 72 valence electrons. The van der Waals surface area contributed by atoms with E-state index in [9.17, 15) is 0 Å². The lowest BCUT2D eigenvalue weighted by molar-refractivity contribution is -0.111. The van der Waals surface area contributed by atoms with Gasteiger partial charge in [-0.15, -0.1) is 0 Å². The lowest BCUT2D eigenvalue weighted by Crippen LogP contribution is -2.43. The maximum Gasteiger partial charge on any atom is 0.0822 e. The smallest absolute Gasteiger partial charge is 0.0822 e. The third-order valence-corrected chi connectivity index (χ3v) is 2.43. The Morgan fingerprint density at radius 2 is 2.38 bits per heavy atom. The summed E-state index contributed by atoms with van der Waals surface area (Å²) in [6, 6.07) is 0. The van der Waals surface area contributed by atoms with Gasteiger partial charge in [0.1, 0.15) is 0 Å². The fraction of sp³-hybridized carbons (Fsp3) is 0.667. The highest BCUT2D eigenvalue weighted by Crippen LogP contribution is 2.28. The molecular weight excluding hydrogens is 166 g/mol. The molecule has 2 rings (SSSR count). The second kappa shape index (κ2) is 2.73. The molecule has 2 heterocycles. The Hall–Kier alpha value is -1.03. The van der Waals surface area contributed by atoms with Crippen LogP contribution in [0.1, 0.15) is 12.6 Å². The van der Waals surface area contributed by atoms with E-state index in [-0.39, 0.29) is 5.41 Å². The normalized spacial score (nSPS) is 19.8. The van der Waals surface area contributed by atoms with Crippen molar-refractivity contribution in [1.29, 1.82) is 0 Å². The van der Waals surface area contributed by atoms with Crippen LogP contribution in [0.5, 0.6) is 0 Å². The summed E-state index contributed by atoms with van der Waals surface area (Å²) in [4.78, 5) is 0. The molecule has 1 fully saturated rings. The number of nitrogens with two attached hydrogens (primary N) is 1. The third-order valence-electron chi connectivity index (χ3n) is 2.43. The first-order chi connectivity index (χ1) is 6.09. The summed E-state index contributed by atoms with van der Waals surface area (Å²) in [6.07, 6.45) is 1.89. The topological polar surface area (TPSA) is 53.1 Å². The summed E-state index contributed by atoms with van der Waals surface area (Å²) >= 11 is 0. The molecular formula is C9H15N3O. The average Bonchev–Trinajstić information content (AvgIpc) is 2.28. The van der Waals surface area contributed by atoms with Crippen LogP contribution in [0, 0.1) is 12.3 Å². The Bertz CT molecular complexity index is 295. The Kier molecular flexibility index (Phi) is 1.80. The zero-order chi connectivity index (χ0) is 9.47. The van der Waals surface area contributed by atoms with Gasteiger partial charge in [0.05, 0.1) is 31.1 Å². The van der Waals surface area contributed by atoms with Crippen LogP contribution in [0.25, 0.3) is 0 Å². The summed E-state index contributed by atoms with van der Waals surface area (Å²) in [7, 11) is 0. The van der Waals surface area contributed by atoms with Crippen LogP contribution in [0.4, 0.5) is 5.69 Å². The fourth-order valence-electron chi connectivity index (χ4n) is 1.55. The van der Waals surface area contributed by atoms with E-state index in [4.69, 9.17) is 10.5 Å². The number of nitrogen functional groups attached to an aromatic ring is 1. The molecule has 13 heavy (non-hydrogen) atoms. The summed E-state index contributed by atoms with van der Waals surface area (Å²) in [5, 5.41) is 4.31. The molecule has 1 aromatic heterocycles. The fourth-order valence-corrected chi connectivity index (χ4v) is 1.55. The van der Waals surface area contributed by atoms with Crippen molar-refractivity contribution in [3.8, 4) is 0 Å². The third kappa shape index (κ3) is 1.54. The van der Waals surface area contributed by atoms with Crippen molar-refractivity contribution in [2.45, 2.75) is 20.4 Å². The van der Waals surface area contributed by atoms with Crippen LogP contribution >= 0.6 is 0 Å². The molecule has 0 atom stereocenters. The van der Waals surface area contributed by atoms with Gasteiger partial charge in [0.15, 0.2) is 0 Å². The summed E-state index contributed by atoms with van der Waals surface area (Å²) in [5.74, 6) is 0. The van der Waals surface area contributed by atoms with Gasteiger partial charge in [0.25, 0.3) is 0 Å². The molecule has 0 bridgehead atoms. The van der Waals surface area contributed by atoms with Crippen LogP contribution in [-0.2, 0) is 11.3 Å². The number of nitrogens with zero attached hydrogens (tertiary/aromatic N) is 2. The van der Waals surface area contributed by atoms with Crippen LogP contribution in [0.2, 0.25) is 0 Å². The Balaban J connectivity index is 2.09. The van der Waals surface area contributed by atoms with Crippen molar-refractivity contribution in [3.05, 3.63) is 11.9 Å². The van der Waals surface area contributed by atoms with Gasteiger partial charge in [0, 0.05) is 11.6 Å². The molecule has 2 N–H and O–H groups in total. The lowest BCUT2D eigenvalue weighted by Gasteiger charge is -2.37. The van der Waals surface area contributed by atoms with Gasteiger partial charge in [-0.2, -0.15) is 5.10 Å². The first kappa shape index (κ1) is 8.56. The number of aryl methyl sites for hydroxylation is 1. The molecule has 1 aliphatic heterocycles. The van der Waals surface area contributed by atoms with Gasteiger partial charge >= 0.3 is 0 Å². The zero-order valence-electron chi connectivity index (χ0n) is 8.08. The van der Waals surface area contributed by atoms with E-state index in [1.807, 2.05) is 17.8 Å². The van der Waals surface area contributed by atoms with E-state index in [0.29, 0.717) is 0 Å². The molecule has 4 nitrogen and oxygen atoms in total. The van der Waals surface area contributed by atoms with Gasteiger partial charge in [-0.1, -0.05) is 6.92 Å². The number of rotatable bonds is 2. The van der Waals surface area contributed by atoms with Crippen LogP contribution in [0.3, 0.4) is 0 Å². The lowest BCUT2D eigenvalue weighted by atomic mass is 9.89. The molecule has 0 spiro atoms. The SMILES string of the molecule is Cc1nn(CC2(C)COC2)cc1N. The van der Waals surface area contributed by atoms with Gasteiger partial charge < -0.3 is 10.5 Å². The van der Waals surface area contributed by atoms with Crippen molar-refractivity contribution in [3.63, 3.8) is 0 Å². The van der Waals surface area contributed by atoms with E-state index in [1.165, 1.54) is 0 Å². The highest BCUT2D eigenvalue weighted by Gasteiger charge is 2.34. The average molecular weight is 181 g/mol. The van der Waals surface area contributed by atoms with Gasteiger partial charge in [-0.05, 0) is 6.92 Å². The van der Waals surface area contributed by atoms with Crippen molar-refractivity contribution in [2.75, 3.05) is 18.9 Å². The van der Waals surface area contributed by atoms with E-state index >= 15 is 0 Å². The largest absolute Gasteiger partial charge is 0.396 e. The summed E-state index contributed by atoms with van der Waals surface area (Å²) in [5.41, 5.74) is 7.63. The standard InChI is InChI=1S/C9H15N3O/c1-7-8(10)3-12(11-7)4-9(2)5-13-6-9/h3H,4-6,10H2,1-2H3. The predicted molar refractivity (Wildman–Crippen MR) is 50.3 cm³/mol. The van der Waals surface area contributed by atoms with E-state index < -0.39 is 0 Å². The molecule has 4 heteroatoms. The maximum absolute atomic E-state index is 5.70. The number of hydrogen-bond donors (Lipinski definition) is 1. The van der Waals surface area contributed by atoms with Crippen molar-refractivity contribution in [1.82, 2.24) is 9.78 Å². The van der Waals surface area contributed by atoms with Crippen molar-refractivity contribution < 1.29 is 4.74 Å². The summed E-state index contributed by atoms with van der Waals surface area (Å²) in [6.45, 7) is 6.66. The summed E-state index contributed by atoms with van der Waals surface area (Å²) < 4.78 is 7.08. The second-order valence-corrected chi connectivity index (χ2v) is 4.17. The Morgan fingerprint density at radius 3 is 2.77 bits per heavy atom. The highest BCUT2D eigenvalue weighted by molar-refractivity contribution is 5.39. The van der Waals surface area contributed by atoms with Crippen LogP contribution in [-0.4, -0.2) is 23.0 Å². The predicted octanol–water partition coefficient (Wildman–Crippen LogP) is 0.810. The van der Waals surface area contributed by atoms with Crippen molar-refractivity contribution in [2.24, 2.45) is 5.41 Å². The molecule has 0 aromatic carbocycles. The second-order valence-electron chi connectivity index (χ2n) is 4.17. The maximum atomic E-state index is 5.70. The van der Waals surface area contributed by atoms with Crippen molar-refractivity contribution >= 4 is 5.69 Å². The number of ether oxygens (including phenoxy) is 1. The molecule has 1 aromatic rings. The minimum atomic E-state index is 0.255. The first-order valence-corrected chi connectivity index (χ1v) is 4.46. The molecule has 1 aliphatic rings. The van der Waals surface area contributed by atoms with Gasteiger partial charge in [-0.3, -0.25) is 4.68 Å². The minimum Gasteiger partial charge on any atom is -0.396 e. The first-order valence-electron chi connectivity index (χ1n) is 4.46. The van der Waals surface area contributed by atoms with E-state index in [2.05, 4.69) is 12.0 Å². The Labute approximate surface area is 77.7 Å². The quantitative estimate of drug-likeness (QED) is 0.734. The minimum absolute atomic E-state index is 0.255. The zero-order valence-corrected chi connectivity index (χ0v) is 8.08. The van der Waals surface area contributed by atoms with Gasteiger partial charge in [-0.25, -0.2) is 0 Å². The molecule has 1 saturated heterocycles. The molecule has 0 amide bonds. The van der Waals surface area contributed by atoms with Gasteiger partial charge in [0.2, 0.25) is 0 Å². The number of anilines is 1. The number of aromatic nitrogens is 2. The monoisotopic (exact) mass is 181 g/mol. The molecule has 0 aliphatic carbocycles. The number of hydrogen-bond acceptors (Lipinski definition) is 3. The molecule has 0 radical (unpaired) electrons. The van der Waals surface area contributed by atoms with E-state index in [0.717, 1.165) is 31.1 Å². The molecule has 0 unspecified atom stereocenters. The molecule has 0 saturated carbocycles.